The normalized spacial score (nSPS) is 12.8. The number of hydrogen-bond donors (Lipinski definition) is 2. The Morgan fingerprint density at radius 1 is 1.10 bits per heavy atom. The molecule has 1 aromatic carbocycles. The van der Waals surface area contributed by atoms with Gasteiger partial charge in [-0.15, -0.1) is 0 Å². The summed E-state index contributed by atoms with van der Waals surface area (Å²) in [6.45, 7) is 3.60. The number of benzene rings is 1. The molecule has 0 unspecified atom stereocenters. The third-order valence-electron chi connectivity index (χ3n) is 2.82. The lowest BCUT2D eigenvalue weighted by molar-refractivity contribution is 0.570. The van der Waals surface area contributed by atoms with Crippen LogP contribution in [0.4, 0.5) is 0 Å². The van der Waals surface area contributed by atoms with Crippen LogP contribution in [0.1, 0.15) is 25.8 Å². The second-order valence-electron chi connectivity index (χ2n) is 4.78. The van der Waals surface area contributed by atoms with Crippen molar-refractivity contribution in [2.24, 2.45) is 5.14 Å². The van der Waals surface area contributed by atoms with Crippen LogP contribution in [-0.4, -0.2) is 28.6 Å². The minimum atomic E-state index is -3.67. The topological polar surface area (TPSA) is 106 Å². The van der Waals surface area contributed by atoms with Crippen LogP contribution in [0.25, 0.3) is 0 Å². The van der Waals surface area contributed by atoms with E-state index in [0.29, 0.717) is 19.4 Å². The van der Waals surface area contributed by atoms with E-state index in [4.69, 9.17) is 5.14 Å². The van der Waals surface area contributed by atoms with Crippen LogP contribution in [0.5, 0.6) is 0 Å². The summed E-state index contributed by atoms with van der Waals surface area (Å²) in [4.78, 5) is 0.0711. The molecule has 1 rings (SSSR count). The third kappa shape index (κ3) is 5.20. The lowest BCUT2D eigenvalue weighted by Crippen LogP contribution is -2.31. The molecular weight excluding hydrogens is 300 g/mol. The summed E-state index contributed by atoms with van der Waals surface area (Å²) in [5.41, 5.74) is 0.932. The fourth-order valence-electron chi connectivity index (χ4n) is 1.52. The van der Waals surface area contributed by atoms with Gasteiger partial charge in [0.2, 0.25) is 20.0 Å². The van der Waals surface area contributed by atoms with Crippen molar-refractivity contribution >= 4 is 20.0 Å². The number of nitrogens with one attached hydrogen (secondary N) is 1. The molecule has 0 aliphatic rings. The van der Waals surface area contributed by atoms with Crippen LogP contribution in [0.15, 0.2) is 29.2 Å². The molecule has 6 nitrogen and oxygen atoms in total. The van der Waals surface area contributed by atoms with Crippen molar-refractivity contribution < 1.29 is 16.8 Å². The molecule has 114 valence electrons. The molecule has 8 heteroatoms. The highest BCUT2D eigenvalue weighted by atomic mass is 32.2. The Morgan fingerprint density at radius 3 is 2.10 bits per heavy atom. The molecule has 0 saturated carbocycles. The summed E-state index contributed by atoms with van der Waals surface area (Å²) in [6, 6.07) is 6.25. The molecule has 0 radical (unpaired) electrons. The van der Waals surface area contributed by atoms with Crippen molar-refractivity contribution in [2.75, 3.05) is 6.54 Å². The van der Waals surface area contributed by atoms with Crippen LogP contribution < -0.4 is 9.86 Å². The summed E-state index contributed by atoms with van der Waals surface area (Å²) in [7, 11) is -6.89. The molecular formula is C12H20N2O4S2. The van der Waals surface area contributed by atoms with Crippen molar-refractivity contribution in [1.82, 2.24) is 4.72 Å². The largest absolute Gasteiger partial charge is 0.238 e. The molecule has 0 aliphatic heterocycles. The van der Waals surface area contributed by atoms with Gasteiger partial charge in [0.05, 0.1) is 10.1 Å². The molecule has 20 heavy (non-hydrogen) atoms. The monoisotopic (exact) mass is 320 g/mol. The first-order valence-corrected chi connectivity index (χ1v) is 9.32. The first-order chi connectivity index (χ1) is 9.13. The Hall–Kier alpha value is -0.960. The zero-order chi connectivity index (χ0) is 15.4. The molecule has 0 spiro atoms. The maximum absolute atomic E-state index is 11.5. The van der Waals surface area contributed by atoms with E-state index in [1.165, 1.54) is 12.1 Å². The third-order valence-corrected chi connectivity index (χ3v) is 5.59. The first-order valence-electron chi connectivity index (χ1n) is 6.23. The highest BCUT2D eigenvalue weighted by Crippen LogP contribution is 2.10. The SMILES string of the molecule is CC(C)S(=O)(=O)NCCCc1ccc(S(N)(=O)=O)cc1. The summed E-state index contributed by atoms with van der Waals surface area (Å²) < 4.78 is 47.7. The predicted molar refractivity (Wildman–Crippen MR) is 78.2 cm³/mol. The molecule has 0 saturated heterocycles. The minimum Gasteiger partial charge on any atom is -0.225 e. The van der Waals surface area contributed by atoms with Crippen molar-refractivity contribution in [3.63, 3.8) is 0 Å². The van der Waals surface area contributed by atoms with Crippen LogP contribution >= 0.6 is 0 Å². The number of aryl methyl sites for hydroxylation is 1. The van der Waals surface area contributed by atoms with Crippen LogP contribution in [0, 0.1) is 0 Å². The molecule has 3 N–H and O–H groups in total. The van der Waals surface area contributed by atoms with E-state index in [9.17, 15) is 16.8 Å². The zero-order valence-electron chi connectivity index (χ0n) is 11.5. The molecule has 0 amide bonds. The maximum atomic E-state index is 11.5. The fourth-order valence-corrected chi connectivity index (χ4v) is 2.80. The predicted octanol–water partition coefficient (Wildman–Crippen LogP) is 0.594. The Balaban J connectivity index is 2.48. The second-order valence-corrected chi connectivity index (χ2v) is 8.66. The van der Waals surface area contributed by atoms with Gasteiger partial charge in [0.1, 0.15) is 0 Å². The molecule has 0 heterocycles. The molecule has 0 aliphatic carbocycles. The standard InChI is InChI=1S/C12H20N2O4S2/c1-10(2)20(17,18)14-9-3-4-11-5-7-12(8-6-11)19(13,15)16/h5-8,10,14H,3-4,9H2,1-2H3,(H2,13,15,16). The quantitative estimate of drug-likeness (QED) is 0.717. The first kappa shape index (κ1) is 17.1. The van der Waals surface area contributed by atoms with Crippen molar-refractivity contribution in [3.8, 4) is 0 Å². The molecule has 0 atom stereocenters. The number of hydrogen-bond acceptors (Lipinski definition) is 4. The Kier molecular flexibility index (Phi) is 5.69. The van der Waals surface area contributed by atoms with Gasteiger partial charge in [-0.3, -0.25) is 0 Å². The Labute approximate surface area is 120 Å². The van der Waals surface area contributed by atoms with Gasteiger partial charge in [-0.1, -0.05) is 12.1 Å². The van der Waals surface area contributed by atoms with E-state index < -0.39 is 25.3 Å². The lowest BCUT2D eigenvalue weighted by Gasteiger charge is -2.09. The molecule has 0 aromatic heterocycles. The van der Waals surface area contributed by atoms with Crippen LogP contribution in [0.3, 0.4) is 0 Å². The van der Waals surface area contributed by atoms with E-state index in [0.717, 1.165) is 5.56 Å². The van der Waals surface area contributed by atoms with E-state index in [1.54, 1.807) is 26.0 Å². The average molecular weight is 320 g/mol. The highest BCUT2D eigenvalue weighted by Gasteiger charge is 2.14. The van der Waals surface area contributed by atoms with Gasteiger partial charge < -0.3 is 0 Å². The second kappa shape index (κ2) is 6.66. The summed E-state index contributed by atoms with van der Waals surface area (Å²) in [6.07, 6.45) is 1.30. The maximum Gasteiger partial charge on any atom is 0.238 e. The smallest absolute Gasteiger partial charge is 0.225 e. The summed E-state index contributed by atoms with van der Waals surface area (Å²) in [5, 5.41) is 4.55. The summed E-state index contributed by atoms with van der Waals surface area (Å²) >= 11 is 0. The Bertz CT molecular complexity index is 635. The van der Waals surface area contributed by atoms with Crippen LogP contribution in [0.2, 0.25) is 0 Å². The zero-order valence-corrected chi connectivity index (χ0v) is 13.2. The minimum absolute atomic E-state index is 0.0711. The number of sulfonamides is 2. The van der Waals surface area contributed by atoms with Crippen molar-refractivity contribution in [2.45, 2.75) is 36.8 Å². The van der Waals surface area contributed by atoms with Gasteiger partial charge in [0.15, 0.2) is 0 Å². The summed E-state index contributed by atoms with van der Waals surface area (Å²) in [5.74, 6) is 0. The van der Waals surface area contributed by atoms with E-state index >= 15 is 0 Å². The van der Waals surface area contributed by atoms with Crippen LogP contribution in [-0.2, 0) is 26.5 Å². The van der Waals surface area contributed by atoms with Gasteiger partial charge in [-0.2, -0.15) is 0 Å². The fraction of sp³-hybridized carbons (Fsp3) is 0.500. The van der Waals surface area contributed by atoms with E-state index in [2.05, 4.69) is 4.72 Å². The van der Waals surface area contributed by atoms with Gasteiger partial charge in [0.25, 0.3) is 0 Å². The van der Waals surface area contributed by atoms with Crippen molar-refractivity contribution in [3.05, 3.63) is 29.8 Å². The number of nitrogens with two attached hydrogens (primary N) is 1. The molecule has 1 aromatic rings. The van der Waals surface area contributed by atoms with Crippen molar-refractivity contribution in [1.29, 1.82) is 0 Å². The lowest BCUT2D eigenvalue weighted by atomic mass is 10.1. The van der Waals surface area contributed by atoms with Gasteiger partial charge >= 0.3 is 0 Å². The average Bonchev–Trinajstić information content (AvgIpc) is 2.34. The highest BCUT2D eigenvalue weighted by molar-refractivity contribution is 7.90. The van der Waals surface area contributed by atoms with Gasteiger partial charge in [-0.25, -0.2) is 26.7 Å². The van der Waals surface area contributed by atoms with Gasteiger partial charge in [-0.05, 0) is 44.4 Å². The molecule has 0 bridgehead atoms. The Morgan fingerprint density at radius 2 is 1.65 bits per heavy atom. The van der Waals surface area contributed by atoms with Gasteiger partial charge in [0, 0.05) is 6.54 Å². The number of primary sulfonamides is 1. The molecule has 0 fully saturated rings. The van der Waals surface area contributed by atoms with E-state index in [-0.39, 0.29) is 4.90 Å². The van der Waals surface area contributed by atoms with E-state index in [1.807, 2.05) is 0 Å². The number of rotatable bonds is 7.